The van der Waals surface area contributed by atoms with E-state index < -0.39 is 5.91 Å². The van der Waals surface area contributed by atoms with Crippen LogP contribution in [0.15, 0.2) is 63.9 Å². The molecular formula is C20H14FN3O2S2. The van der Waals surface area contributed by atoms with Crippen molar-refractivity contribution in [3.05, 3.63) is 81.2 Å². The molecule has 0 spiro atoms. The van der Waals surface area contributed by atoms with E-state index >= 15 is 0 Å². The predicted octanol–water partition coefficient (Wildman–Crippen LogP) is 4.18. The maximum absolute atomic E-state index is 13.2. The molecule has 2 heterocycles. The third-order valence-corrected chi connectivity index (χ3v) is 6.01. The summed E-state index contributed by atoms with van der Waals surface area (Å²) in [6.07, 6.45) is 0. The van der Waals surface area contributed by atoms with Gasteiger partial charge in [-0.1, -0.05) is 36.0 Å². The zero-order chi connectivity index (χ0) is 19.7. The second-order valence-corrected chi connectivity index (χ2v) is 7.88. The first-order valence-corrected chi connectivity index (χ1v) is 10.2. The molecule has 5 nitrogen and oxygen atoms in total. The van der Waals surface area contributed by atoms with Gasteiger partial charge in [0, 0.05) is 22.3 Å². The van der Waals surface area contributed by atoms with E-state index in [1.54, 1.807) is 24.3 Å². The number of aromatic nitrogens is 2. The van der Waals surface area contributed by atoms with E-state index in [9.17, 15) is 14.0 Å². The standard InChI is InChI=1S/C20H14FN3O2S2/c21-14-7-5-12(6-8-14)15-10-27-19-16(15)18(26)23-20(24-19)28-9-11-1-3-13(4-2-11)17(22)25/h1-8,10H,9H2,(H2,22,25)(H,23,24,26). The smallest absolute Gasteiger partial charge is 0.260 e. The fourth-order valence-electron chi connectivity index (χ4n) is 2.76. The van der Waals surface area contributed by atoms with Crippen LogP contribution in [0.1, 0.15) is 15.9 Å². The van der Waals surface area contributed by atoms with Gasteiger partial charge in [0.05, 0.1) is 5.39 Å². The molecule has 0 saturated heterocycles. The highest BCUT2D eigenvalue weighted by Crippen LogP contribution is 2.32. The van der Waals surface area contributed by atoms with Crippen LogP contribution in [-0.2, 0) is 5.75 Å². The van der Waals surface area contributed by atoms with Crippen molar-refractivity contribution in [1.29, 1.82) is 0 Å². The van der Waals surface area contributed by atoms with Crippen molar-refractivity contribution in [2.24, 2.45) is 5.73 Å². The summed E-state index contributed by atoms with van der Waals surface area (Å²) in [7, 11) is 0. The summed E-state index contributed by atoms with van der Waals surface area (Å²) in [6.45, 7) is 0. The van der Waals surface area contributed by atoms with Gasteiger partial charge in [0.15, 0.2) is 5.16 Å². The first-order valence-electron chi connectivity index (χ1n) is 8.30. The summed E-state index contributed by atoms with van der Waals surface area (Å²) in [5.41, 5.74) is 7.96. The van der Waals surface area contributed by atoms with E-state index in [1.165, 1.54) is 35.2 Å². The van der Waals surface area contributed by atoms with Crippen molar-refractivity contribution >= 4 is 39.2 Å². The van der Waals surface area contributed by atoms with Crippen LogP contribution >= 0.6 is 23.1 Å². The summed E-state index contributed by atoms with van der Waals surface area (Å²) in [4.78, 5) is 31.7. The molecule has 140 valence electrons. The Hall–Kier alpha value is -2.97. The lowest BCUT2D eigenvalue weighted by Gasteiger charge is -2.03. The number of halogens is 1. The highest BCUT2D eigenvalue weighted by Gasteiger charge is 2.13. The van der Waals surface area contributed by atoms with Gasteiger partial charge in [-0.05, 0) is 35.4 Å². The van der Waals surface area contributed by atoms with Crippen LogP contribution < -0.4 is 11.3 Å². The molecule has 8 heteroatoms. The number of carbonyl (C=O) groups is 1. The summed E-state index contributed by atoms with van der Waals surface area (Å²) in [6, 6.07) is 13.0. The molecule has 0 fully saturated rings. The van der Waals surface area contributed by atoms with E-state index in [0.717, 1.165) is 16.7 Å². The summed E-state index contributed by atoms with van der Waals surface area (Å²) in [5.74, 6) is -0.202. The summed E-state index contributed by atoms with van der Waals surface area (Å²) < 4.78 is 13.2. The molecule has 28 heavy (non-hydrogen) atoms. The first kappa shape index (κ1) is 18.4. The number of hydrogen-bond acceptors (Lipinski definition) is 5. The lowest BCUT2D eigenvalue weighted by atomic mass is 10.1. The van der Waals surface area contributed by atoms with Crippen LogP contribution in [-0.4, -0.2) is 15.9 Å². The number of amides is 1. The van der Waals surface area contributed by atoms with E-state index in [0.29, 0.717) is 26.7 Å². The molecule has 0 aliphatic carbocycles. The Morgan fingerprint density at radius 2 is 1.86 bits per heavy atom. The number of thiophene rings is 1. The number of fused-ring (bicyclic) bond motifs is 1. The maximum atomic E-state index is 13.2. The number of nitrogens with one attached hydrogen (secondary N) is 1. The minimum atomic E-state index is -0.467. The Morgan fingerprint density at radius 3 is 2.54 bits per heavy atom. The van der Waals surface area contributed by atoms with E-state index in [2.05, 4.69) is 9.97 Å². The predicted molar refractivity (Wildman–Crippen MR) is 110 cm³/mol. The van der Waals surface area contributed by atoms with Gasteiger partial charge in [0.25, 0.3) is 5.56 Å². The Balaban J connectivity index is 1.59. The lowest BCUT2D eigenvalue weighted by Crippen LogP contribution is -2.10. The molecule has 0 bridgehead atoms. The number of nitrogens with two attached hydrogens (primary N) is 1. The molecule has 2 aromatic heterocycles. The summed E-state index contributed by atoms with van der Waals surface area (Å²) >= 11 is 2.78. The number of rotatable bonds is 5. The Kier molecular flexibility index (Phi) is 4.97. The number of nitrogens with zero attached hydrogens (tertiary/aromatic N) is 1. The zero-order valence-corrected chi connectivity index (χ0v) is 16.1. The third-order valence-electron chi connectivity index (χ3n) is 4.19. The number of thioether (sulfide) groups is 1. The molecule has 2 aromatic carbocycles. The van der Waals surface area contributed by atoms with Gasteiger partial charge in [-0.2, -0.15) is 0 Å². The van der Waals surface area contributed by atoms with Crippen molar-refractivity contribution in [3.8, 4) is 11.1 Å². The molecule has 4 rings (SSSR count). The zero-order valence-electron chi connectivity index (χ0n) is 14.4. The summed E-state index contributed by atoms with van der Waals surface area (Å²) in [5, 5.41) is 2.88. The molecule has 1 amide bonds. The molecule has 0 aliphatic heterocycles. The van der Waals surface area contributed by atoms with Gasteiger partial charge < -0.3 is 10.7 Å². The molecule has 3 N–H and O–H groups in total. The van der Waals surface area contributed by atoms with Crippen LogP contribution in [0.4, 0.5) is 4.39 Å². The Bertz CT molecular complexity index is 1220. The number of carbonyl (C=O) groups excluding carboxylic acids is 1. The number of primary amides is 1. The van der Waals surface area contributed by atoms with Crippen LogP contribution in [0.5, 0.6) is 0 Å². The lowest BCUT2D eigenvalue weighted by molar-refractivity contribution is 0.100. The quantitative estimate of drug-likeness (QED) is 0.381. The van der Waals surface area contributed by atoms with E-state index in [1.807, 2.05) is 17.5 Å². The van der Waals surface area contributed by atoms with Crippen molar-refractivity contribution < 1.29 is 9.18 Å². The number of hydrogen-bond donors (Lipinski definition) is 2. The average Bonchev–Trinajstić information content (AvgIpc) is 3.12. The molecule has 0 saturated carbocycles. The van der Waals surface area contributed by atoms with Gasteiger partial charge in [-0.25, -0.2) is 9.37 Å². The van der Waals surface area contributed by atoms with Crippen LogP contribution in [0.2, 0.25) is 0 Å². The van der Waals surface area contributed by atoms with Gasteiger partial charge in [0.1, 0.15) is 10.6 Å². The van der Waals surface area contributed by atoms with E-state index in [4.69, 9.17) is 5.73 Å². The van der Waals surface area contributed by atoms with Crippen molar-refractivity contribution in [2.75, 3.05) is 0 Å². The largest absolute Gasteiger partial charge is 0.366 e. The Labute approximate surface area is 167 Å². The fourth-order valence-corrected chi connectivity index (χ4v) is 4.58. The highest BCUT2D eigenvalue weighted by molar-refractivity contribution is 7.98. The van der Waals surface area contributed by atoms with Crippen LogP contribution in [0.25, 0.3) is 21.3 Å². The molecular weight excluding hydrogens is 397 g/mol. The second kappa shape index (κ2) is 7.57. The van der Waals surface area contributed by atoms with Gasteiger partial charge >= 0.3 is 0 Å². The molecule has 4 aromatic rings. The fraction of sp³-hybridized carbons (Fsp3) is 0.0500. The minimum Gasteiger partial charge on any atom is -0.366 e. The molecule has 0 unspecified atom stereocenters. The normalized spacial score (nSPS) is 11.0. The van der Waals surface area contributed by atoms with Gasteiger partial charge in [0.2, 0.25) is 5.91 Å². The van der Waals surface area contributed by atoms with Gasteiger partial charge in [-0.3, -0.25) is 9.59 Å². The van der Waals surface area contributed by atoms with Gasteiger partial charge in [-0.15, -0.1) is 11.3 Å². The van der Waals surface area contributed by atoms with E-state index in [-0.39, 0.29) is 11.4 Å². The first-order chi connectivity index (χ1) is 13.5. The van der Waals surface area contributed by atoms with Crippen LogP contribution in [0.3, 0.4) is 0 Å². The topological polar surface area (TPSA) is 88.8 Å². The highest BCUT2D eigenvalue weighted by atomic mass is 32.2. The molecule has 0 aliphatic rings. The van der Waals surface area contributed by atoms with Crippen molar-refractivity contribution in [2.45, 2.75) is 10.9 Å². The maximum Gasteiger partial charge on any atom is 0.260 e. The monoisotopic (exact) mass is 411 g/mol. The SMILES string of the molecule is NC(=O)c1ccc(CSc2nc3scc(-c4ccc(F)cc4)c3c(=O)[nH]2)cc1. The second-order valence-electron chi connectivity index (χ2n) is 6.06. The average molecular weight is 411 g/mol. The number of benzene rings is 2. The third kappa shape index (κ3) is 3.69. The minimum absolute atomic E-state index is 0.225. The molecule has 0 atom stereocenters. The number of aromatic amines is 1. The number of H-pyrrole nitrogens is 1. The van der Waals surface area contributed by atoms with Crippen LogP contribution in [0, 0.1) is 5.82 Å². The Morgan fingerprint density at radius 1 is 1.14 bits per heavy atom. The van der Waals surface area contributed by atoms with Crippen molar-refractivity contribution in [1.82, 2.24) is 9.97 Å². The molecule has 0 radical (unpaired) electrons. The van der Waals surface area contributed by atoms with Crippen molar-refractivity contribution in [3.63, 3.8) is 0 Å².